The predicted molar refractivity (Wildman–Crippen MR) is 87.4 cm³/mol. The third-order valence-electron chi connectivity index (χ3n) is 3.18. The van der Waals surface area contributed by atoms with Crippen molar-refractivity contribution in [2.45, 2.75) is 6.92 Å². The molecule has 2 aromatic carbocycles. The number of carbonyl (C=O) groups excluding carboxylic acids is 1. The first-order valence-electron chi connectivity index (χ1n) is 6.45. The van der Waals surface area contributed by atoms with Crippen LogP contribution in [0.1, 0.15) is 21.5 Å². The van der Waals surface area contributed by atoms with Gasteiger partial charge >= 0.3 is 0 Å². The number of rotatable bonds is 2. The van der Waals surface area contributed by atoms with Gasteiger partial charge in [-0.2, -0.15) is 0 Å². The number of hydrogen-bond acceptors (Lipinski definition) is 3. The van der Waals surface area contributed by atoms with Crippen LogP contribution >= 0.6 is 31.9 Å². The molecule has 0 atom stereocenters. The normalized spacial score (nSPS) is 13.1. The van der Waals surface area contributed by atoms with E-state index in [1.807, 2.05) is 25.1 Å². The van der Waals surface area contributed by atoms with E-state index < -0.39 is 0 Å². The number of carbonyl (C=O) groups is 1. The first-order chi connectivity index (χ1) is 10.0. The van der Waals surface area contributed by atoms with Crippen LogP contribution in [0.15, 0.2) is 39.3 Å². The largest absolute Gasteiger partial charge is 0.486 e. The quantitative estimate of drug-likeness (QED) is 0.681. The molecule has 0 aromatic heterocycles. The molecule has 0 bridgehead atoms. The minimum atomic E-state index is -0.0525. The smallest absolute Gasteiger partial charge is 0.194 e. The van der Waals surface area contributed by atoms with E-state index in [0.717, 1.165) is 10.0 Å². The lowest BCUT2D eigenvalue weighted by atomic mass is 10.0. The second-order valence-electron chi connectivity index (χ2n) is 4.82. The Labute approximate surface area is 139 Å². The van der Waals surface area contributed by atoms with Crippen LogP contribution in [0.25, 0.3) is 0 Å². The monoisotopic (exact) mass is 410 g/mol. The minimum Gasteiger partial charge on any atom is -0.486 e. The summed E-state index contributed by atoms with van der Waals surface area (Å²) >= 11 is 6.87. The fraction of sp³-hybridized carbons (Fsp3) is 0.188. The van der Waals surface area contributed by atoms with E-state index in [1.54, 1.807) is 12.1 Å². The Morgan fingerprint density at radius 1 is 1.00 bits per heavy atom. The van der Waals surface area contributed by atoms with Gasteiger partial charge in [-0.05, 0) is 58.7 Å². The van der Waals surface area contributed by atoms with Crippen molar-refractivity contribution in [2.24, 2.45) is 0 Å². The van der Waals surface area contributed by atoms with E-state index in [-0.39, 0.29) is 5.78 Å². The summed E-state index contributed by atoms with van der Waals surface area (Å²) in [6.45, 7) is 2.98. The number of aryl methyl sites for hydroxylation is 1. The lowest BCUT2D eigenvalue weighted by Crippen LogP contribution is -2.16. The molecule has 3 nitrogen and oxygen atoms in total. The average Bonchev–Trinajstić information content (AvgIpc) is 2.44. The Kier molecular flexibility index (Phi) is 4.04. The molecule has 0 saturated heterocycles. The standard InChI is InChI=1S/C16H12Br2O3/c1-9-4-10(6-11(17)5-9)16(19)12-7-14-15(8-13(12)18)21-3-2-20-14/h4-8H,2-3H2,1H3. The van der Waals surface area contributed by atoms with Gasteiger partial charge in [-0.15, -0.1) is 0 Å². The first kappa shape index (κ1) is 14.6. The van der Waals surface area contributed by atoms with E-state index in [0.29, 0.717) is 40.3 Å². The number of halogens is 2. The lowest BCUT2D eigenvalue weighted by molar-refractivity contribution is 0.103. The van der Waals surface area contributed by atoms with Crippen LogP contribution in [-0.4, -0.2) is 19.0 Å². The SMILES string of the molecule is Cc1cc(Br)cc(C(=O)c2cc3c(cc2Br)OCCO3)c1. The van der Waals surface area contributed by atoms with Gasteiger partial charge < -0.3 is 9.47 Å². The Hall–Kier alpha value is -1.33. The Morgan fingerprint density at radius 2 is 1.67 bits per heavy atom. The Morgan fingerprint density at radius 3 is 2.33 bits per heavy atom. The second kappa shape index (κ2) is 5.81. The zero-order chi connectivity index (χ0) is 15.0. The van der Waals surface area contributed by atoms with Crippen LogP contribution in [-0.2, 0) is 0 Å². The van der Waals surface area contributed by atoms with Gasteiger partial charge in [0.1, 0.15) is 13.2 Å². The van der Waals surface area contributed by atoms with Crippen molar-refractivity contribution >= 4 is 37.6 Å². The summed E-state index contributed by atoms with van der Waals surface area (Å²) in [4.78, 5) is 12.7. The van der Waals surface area contributed by atoms with Crippen molar-refractivity contribution < 1.29 is 14.3 Å². The first-order valence-corrected chi connectivity index (χ1v) is 8.04. The summed E-state index contributed by atoms with van der Waals surface area (Å²) in [5.74, 6) is 1.22. The summed E-state index contributed by atoms with van der Waals surface area (Å²) in [7, 11) is 0. The number of ketones is 1. The molecule has 108 valence electrons. The molecule has 0 fully saturated rings. The zero-order valence-corrected chi connectivity index (χ0v) is 14.5. The molecule has 1 aliphatic heterocycles. The highest BCUT2D eigenvalue weighted by Crippen LogP contribution is 2.36. The third kappa shape index (κ3) is 2.99. The molecule has 0 aliphatic carbocycles. The highest BCUT2D eigenvalue weighted by atomic mass is 79.9. The predicted octanol–water partition coefficient (Wildman–Crippen LogP) is 4.52. The van der Waals surface area contributed by atoms with Crippen LogP contribution in [0.5, 0.6) is 11.5 Å². The van der Waals surface area contributed by atoms with Gasteiger partial charge in [0, 0.05) is 20.1 Å². The molecule has 1 aliphatic rings. The van der Waals surface area contributed by atoms with Crippen LogP contribution in [0.4, 0.5) is 0 Å². The van der Waals surface area contributed by atoms with Gasteiger partial charge in [-0.25, -0.2) is 0 Å². The van der Waals surface area contributed by atoms with Crippen LogP contribution in [0.3, 0.4) is 0 Å². The second-order valence-corrected chi connectivity index (χ2v) is 6.59. The summed E-state index contributed by atoms with van der Waals surface area (Å²) < 4.78 is 12.6. The third-order valence-corrected chi connectivity index (χ3v) is 4.29. The topological polar surface area (TPSA) is 35.5 Å². The number of benzene rings is 2. The van der Waals surface area contributed by atoms with Crippen molar-refractivity contribution in [3.8, 4) is 11.5 Å². The summed E-state index contributed by atoms with van der Waals surface area (Å²) in [5.41, 5.74) is 2.23. The van der Waals surface area contributed by atoms with Gasteiger partial charge in [0.15, 0.2) is 17.3 Å². The lowest BCUT2D eigenvalue weighted by Gasteiger charge is -2.19. The maximum absolute atomic E-state index is 12.7. The highest BCUT2D eigenvalue weighted by Gasteiger charge is 2.20. The average molecular weight is 412 g/mol. The molecule has 0 amide bonds. The molecule has 0 saturated carbocycles. The Balaban J connectivity index is 2.05. The number of fused-ring (bicyclic) bond motifs is 1. The molecule has 0 radical (unpaired) electrons. The molecule has 1 heterocycles. The molecule has 2 aromatic rings. The van der Waals surface area contributed by atoms with E-state index in [2.05, 4.69) is 31.9 Å². The van der Waals surface area contributed by atoms with Crippen LogP contribution in [0, 0.1) is 6.92 Å². The van der Waals surface area contributed by atoms with Gasteiger partial charge in [0.25, 0.3) is 0 Å². The van der Waals surface area contributed by atoms with Crippen molar-refractivity contribution in [3.63, 3.8) is 0 Å². The maximum atomic E-state index is 12.7. The highest BCUT2D eigenvalue weighted by molar-refractivity contribution is 9.10. The Bertz CT molecular complexity index is 705. The fourth-order valence-corrected chi connectivity index (χ4v) is 3.37. The van der Waals surface area contributed by atoms with Crippen molar-refractivity contribution in [1.29, 1.82) is 0 Å². The van der Waals surface area contributed by atoms with Crippen LogP contribution in [0.2, 0.25) is 0 Å². The van der Waals surface area contributed by atoms with Crippen molar-refractivity contribution in [3.05, 3.63) is 56.0 Å². The molecule has 0 unspecified atom stereocenters. The molecule has 5 heteroatoms. The molecular weight excluding hydrogens is 400 g/mol. The van der Waals surface area contributed by atoms with E-state index in [9.17, 15) is 4.79 Å². The molecule has 0 N–H and O–H groups in total. The van der Waals surface area contributed by atoms with Crippen molar-refractivity contribution in [1.82, 2.24) is 0 Å². The number of ether oxygens (including phenoxy) is 2. The van der Waals surface area contributed by atoms with E-state index >= 15 is 0 Å². The van der Waals surface area contributed by atoms with Gasteiger partial charge in [-0.1, -0.05) is 15.9 Å². The van der Waals surface area contributed by atoms with Crippen LogP contribution < -0.4 is 9.47 Å². The summed E-state index contributed by atoms with van der Waals surface area (Å²) in [6, 6.07) is 9.17. The molecule has 3 rings (SSSR count). The zero-order valence-electron chi connectivity index (χ0n) is 11.3. The van der Waals surface area contributed by atoms with E-state index in [4.69, 9.17) is 9.47 Å². The van der Waals surface area contributed by atoms with Gasteiger partial charge in [-0.3, -0.25) is 4.79 Å². The van der Waals surface area contributed by atoms with E-state index in [1.165, 1.54) is 0 Å². The fourth-order valence-electron chi connectivity index (χ4n) is 2.26. The summed E-state index contributed by atoms with van der Waals surface area (Å²) in [5, 5.41) is 0. The summed E-state index contributed by atoms with van der Waals surface area (Å²) in [6.07, 6.45) is 0. The molecule has 0 spiro atoms. The van der Waals surface area contributed by atoms with Gasteiger partial charge in [0.2, 0.25) is 0 Å². The maximum Gasteiger partial charge on any atom is 0.194 e. The number of hydrogen-bond donors (Lipinski definition) is 0. The van der Waals surface area contributed by atoms with Crippen molar-refractivity contribution in [2.75, 3.05) is 13.2 Å². The minimum absolute atomic E-state index is 0.0525. The molecular formula is C16H12Br2O3. The molecule has 21 heavy (non-hydrogen) atoms. The van der Waals surface area contributed by atoms with Gasteiger partial charge in [0.05, 0.1) is 0 Å².